The predicted octanol–water partition coefficient (Wildman–Crippen LogP) is 3.54. The van der Waals surface area contributed by atoms with Gasteiger partial charge < -0.3 is 20.1 Å². The van der Waals surface area contributed by atoms with E-state index in [9.17, 15) is 19.2 Å². The van der Waals surface area contributed by atoms with Crippen molar-refractivity contribution in [2.45, 2.75) is 39.7 Å². The second kappa shape index (κ2) is 10.3. The molecule has 0 bridgehead atoms. The highest BCUT2D eigenvalue weighted by Crippen LogP contribution is 2.33. The Morgan fingerprint density at radius 1 is 1.26 bits per heavy atom. The molecule has 2 N–H and O–H groups in total. The molecular formula is C24H29N3O6S. The molecule has 0 radical (unpaired) electrons. The van der Waals surface area contributed by atoms with Gasteiger partial charge in [0.1, 0.15) is 22.8 Å². The van der Waals surface area contributed by atoms with Crippen LogP contribution in [-0.2, 0) is 26.3 Å². The van der Waals surface area contributed by atoms with Gasteiger partial charge in [-0.1, -0.05) is 26.0 Å². The first-order chi connectivity index (χ1) is 16.1. The molecule has 1 atom stereocenters. The van der Waals surface area contributed by atoms with Crippen molar-refractivity contribution >= 4 is 40.2 Å². The van der Waals surface area contributed by atoms with E-state index in [1.165, 1.54) is 18.4 Å². The number of anilines is 1. The smallest absolute Gasteiger partial charge is 0.341 e. The number of rotatable bonds is 9. The lowest BCUT2D eigenvalue weighted by Crippen LogP contribution is -2.42. The third-order valence-corrected chi connectivity index (χ3v) is 6.40. The largest absolute Gasteiger partial charge is 0.497 e. The molecule has 3 rings (SSSR count). The molecule has 4 amide bonds. The number of imide groups is 1. The summed E-state index contributed by atoms with van der Waals surface area (Å²) in [6.45, 7) is 7.06. The van der Waals surface area contributed by atoms with Crippen LogP contribution >= 0.6 is 11.3 Å². The molecule has 1 aliphatic heterocycles. The van der Waals surface area contributed by atoms with Crippen LogP contribution in [0.2, 0.25) is 0 Å². The highest BCUT2D eigenvalue weighted by Gasteiger charge is 2.49. The summed E-state index contributed by atoms with van der Waals surface area (Å²) in [5.41, 5.74) is 0.297. The summed E-state index contributed by atoms with van der Waals surface area (Å²) < 4.78 is 10.4. The van der Waals surface area contributed by atoms with Gasteiger partial charge in [0.15, 0.2) is 0 Å². The number of nitrogens with one attached hydrogen (secondary N) is 2. The normalized spacial score (nSPS) is 17.6. The van der Waals surface area contributed by atoms with Gasteiger partial charge in [-0.3, -0.25) is 14.5 Å². The van der Waals surface area contributed by atoms with Crippen LogP contribution in [0.1, 0.15) is 49.2 Å². The van der Waals surface area contributed by atoms with E-state index in [4.69, 9.17) is 9.47 Å². The average molecular weight is 488 g/mol. The van der Waals surface area contributed by atoms with Gasteiger partial charge in [-0.2, -0.15) is 0 Å². The Morgan fingerprint density at radius 2 is 2.00 bits per heavy atom. The van der Waals surface area contributed by atoms with Crippen molar-refractivity contribution in [2.75, 3.05) is 25.6 Å². The molecule has 1 fully saturated rings. The number of amides is 4. The lowest BCUT2D eigenvalue weighted by Gasteiger charge is -2.22. The van der Waals surface area contributed by atoms with Gasteiger partial charge in [0.05, 0.1) is 19.3 Å². The van der Waals surface area contributed by atoms with Crippen molar-refractivity contribution < 1.29 is 28.7 Å². The van der Waals surface area contributed by atoms with Crippen LogP contribution in [0.25, 0.3) is 0 Å². The molecular weight excluding hydrogens is 458 g/mol. The second-order valence-electron chi connectivity index (χ2n) is 8.51. The van der Waals surface area contributed by atoms with Gasteiger partial charge >= 0.3 is 12.0 Å². The maximum atomic E-state index is 13.2. The SMILES string of the molecule is CCOC(=O)c1c(CC(C)C)csc1NC(=O)CN1C(=O)N[C@@](C)(c2cccc(OC)c2)C1=O. The molecule has 182 valence electrons. The maximum absolute atomic E-state index is 13.2. The first kappa shape index (κ1) is 25.2. The quantitative estimate of drug-likeness (QED) is 0.413. The molecule has 1 aromatic carbocycles. The number of thiophene rings is 1. The lowest BCUT2D eigenvalue weighted by molar-refractivity contribution is -0.133. The van der Waals surface area contributed by atoms with Crippen molar-refractivity contribution in [3.63, 3.8) is 0 Å². The van der Waals surface area contributed by atoms with Crippen LogP contribution in [0, 0.1) is 5.92 Å². The minimum absolute atomic E-state index is 0.203. The number of hydrogen-bond acceptors (Lipinski definition) is 7. The number of nitrogens with zero attached hydrogens (tertiary/aromatic N) is 1. The molecule has 0 aliphatic carbocycles. The molecule has 2 heterocycles. The van der Waals surface area contributed by atoms with Crippen LogP contribution < -0.4 is 15.4 Å². The van der Waals surface area contributed by atoms with E-state index in [1.807, 2.05) is 19.2 Å². The molecule has 34 heavy (non-hydrogen) atoms. The summed E-state index contributed by atoms with van der Waals surface area (Å²) in [7, 11) is 1.51. The van der Waals surface area contributed by atoms with Crippen LogP contribution in [0.5, 0.6) is 5.75 Å². The predicted molar refractivity (Wildman–Crippen MR) is 128 cm³/mol. The van der Waals surface area contributed by atoms with Crippen molar-refractivity contribution in [1.29, 1.82) is 0 Å². The Bertz CT molecular complexity index is 1110. The number of hydrogen-bond donors (Lipinski definition) is 2. The lowest BCUT2D eigenvalue weighted by atomic mass is 9.92. The third kappa shape index (κ3) is 5.06. The molecule has 9 nitrogen and oxygen atoms in total. The Morgan fingerprint density at radius 3 is 2.65 bits per heavy atom. The number of benzene rings is 1. The van der Waals surface area contributed by atoms with Crippen LogP contribution in [-0.4, -0.2) is 49.0 Å². The van der Waals surface area contributed by atoms with Crippen LogP contribution in [0.15, 0.2) is 29.6 Å². The standard InChI is InChI=1S/C24H29N3O6S/c1-6-33-21(29)19-15(10-14(2)3)13-34-20(19)25-18(28)12-27-22(30)24(4,26-23(27)31)16-8-7-9-17(11-16)32-5/h7-9,11,13-14H,6,10,12H2,1-5H3,(H,25,28)(H,26,31)/t24-/m0/s1. The average Bonchev–Trinajstić information content (AvgIpc) is 3.27. The van der Waals surface area contributed by atoms with Crippen LogP contribution in [0.3, 0.4) is 0 Å². The van der Waals surface area contributed by atoms with E-state index in [1.54, 1.807) is 38.1 Å². The van der Waals surface area contributed by atoms with Gasteiger partial charge in [0.25, 0.3) is 5.91 Å². The van der Waals surface area contributed by atoms with E-state index in [0.717, 1.165) is 10.5 Å². The van der Waals surface area contributed by atoms with Crippen molar-refractivity contribution in [1.82, 2.24) is 10.2 Å². The molecule has 0 saturated carbocycles. The monoisotopic (exact) mass is 487 g/mol. The minimum Gasteiger partial charge on any atom is -0.497 e. The van der Waals surface area contributed by atoms with Gasteiger partial charge in [-0.05, 0) is 54.8 Å². The highest BCUT2D eigenvalue weighted by atomic mass is 32.1. The number of methoxy groups -OCH3 is 1. The van der Waals surface area contributed by atoms with Gasteiger partial charge in [0, 0.05) is 0 Å². The van der Waals surface area contributed by atoms with Crippen molar-refractivity contribution in [2.24, 2.45) is 5.92 Å². The summed E-state index contributed by atoms with van der Waals surface area (Å²) >= 11 is 1.21. The molecule has 10 heteroatoms. The molecule has 1 aromatic heterocycles. The maximum Gasteiger partial charge on any atom is 0.341 e. The van der Waals surface area contributed by atoms with Crippen molar-refractivity contribution in [3.8, 4) is 5.75 Å². The Kier molecular flexibility index (Phi) is 7.61. The fourth-order valence-corrected chi connectivity index (χ4v) is 4.76. The topological polar surface area (TPSA) is 114 Å². The van der Waals surface area contributed by atoms with Gasteiger partial charge in [0.2, 0.25) is 5.91 Å². The summed E-state index contributed by atoms with van der Waals surface area (Å²) in [6, 6.07) is 6.14. The van der Waals surface area contributed by atoms with E-state index in [0.29, 0.717) is 34.2 Å². The molecule has 0 unspecified atom stereocenters. The number of carbonyl (C=O) groups excluding carboxylic acids is 4. The summed E-state index contributed by atoms with van der Waals surface area (Å²) in [5.74, 6) is -0.833. The summed E-state index contributed by atoms with van der Waals surface area (Å²) in [6.07, 6.45) is 0.645. The van der Waals surface area contributed by atoms with Crippen molar-refractivity contribution in [3.05, 3.63) is 46.3 Å². The zero-order valence-electron chi connectivity index (χ0n) is 19.9. The Balaban J connectivity index is 1.79. The molecule has 1 saturated heterocycles. The zero-order chi connectivity index (χ0) is 25.0. The summed E-state index contributed by atoms with van der Waals surface area (Å²) in [4.78, 5) is 52.0. The highest BCUT2D eigenvalue weighted by molar-refractivity contribution is 7.15. The first-order valence-corrected chi connectivity index (χ1v) is 11.8. The third-order valence-electron chi connectivity index (χ3n) is 5.45. The van der Waals surface area contributed by atoms with E-state index in [2.05, 4.69) is 10.6 Å². The summed E-state index contributed by atoms with van der Waals surface area (Å²) in [5, 5.41) is 7.50. The fourth-order valence-electron chi connectivity index (χ4n) is 3.78. The Hall–Kier alpha value is -3.40. The van der Waals surface area contributed by atoms with E-state index < -0.39 is 35.9 Å². The fraction of sp³-hybridized carbons (Fsp3) is 0.417. The van der Waals surface area contributed by atoms with Gasteiger partial charge in [-0.25, -0.2) is 9.59 Å². The molecule has 1 aliphatic rings. The number of esters is 1. The van der Waals surface area contributed by atoms with Gasteiger partial charge in [-0.15, -0.1) is 11.3 Å². The zero-order valence-corrected chi connectivity index (χ0v) is 20.7. The second-order valence-corrected chi connectivity index (χ2v) is 9.39. The number of urea groups is 1. The first-order valence-electron chi connectivity index (χ1n) is 11.0. The van der Waals surface area contributed by atoms with Crippen LogP contribution in [0.4, 0.5) is 9.80 Å². The van der Waals surface area contributed by atoms with E-state index in [-0.39, 0.29) is 6.61 Å². The number of ether oxygens (including phenoxy) is 2. The molecule has 2 aromatic rings. The number of carbonyl (C=O) groups is 4. The Labute approximate surface area is 202 Å². The minimum atomic E-state index is -1.34. The molecule has 0 spiro atoms. The van der Waals surface area contributed by atoms with E-state index >= 15 is 0 Å².